The molecule has 0 saturated heterocycles. The molecule has 10 heteroatoms. The lowest BCUT2D eigenvalue weighted by Gasteiger charge is -2.34. The SMILES string of the molecule is CC[C@@H](C(=O)NC(C)C)N(Cc1ccc(OC)cc1)C(=O)CN(c1cccc(Cl)c1C)S(=O)(=O)c1ccc(C)cc1. The number of halogens is 1. The van der Waals surface area contributed by atoms with Crippen LogP contribution in [-0.2, 0) is 26.2 Å². The molecule has 0 bridgehead atoms. The minimum atomic E-state index is -4.18. The first-order valence-electron chi connectivity index (χ1n) is 13.5. The lowest BCUT2D eigenvalue weighted by molar-refractivity contribution is -0.140. The molecule has 0 aliphatic carbocycles. The number of nitrogens with one attached hydrogen (secondary N) is 1. The molecule has 3 rings (SSSR count). The van der Waals surface area contributed by atoms with Crippen LogP contribution in [0.3, 0.4) is 0 Å². The van der Waals surface area contributed by atoms with Gasteiger partial charge in [0, 0.05) is 17.6 Å². The van der Waals surface area contributed by atoms with Crippen LogP contribution in [0.4, 0.5) is 5.69 Å². The maximum atomic E-state index is 14.2. The Hall–Kier alpha value is -3.56. The Morgan fingerprint density at radius 2 is 1.61 bits per heavy atom. The van der Waals surface area contributed by atoms with Gasteiger partial charge in [-0.05, 0) is 81.6 Å². The standard InChI is InChI=1S/C31H38ClN3O5S/c1-7-28(31(37)33-21(2)3)34(19-24-13-15-25(40-6)16-14-24)30(36)20-35(29-10-8-9-27(32)23(29)5)41(38,39)26-17-11-22(4)12-18-26/h8-18,21,28H,7,19-20H2,1-6H3,(H,33,37)/t28-/m0/s1. The number of anilines is 1. The maximum Gasteiger partial charge on any atom is 0.264 e. The van der Waals surface area contributed by atoms with E-state index in [1.807, 2.05) is 39.8 Å². The van der Waals surface area contributed by atoms with E-state index >= 15 is 0 Å². The Morgan fingerprint density at radius 1 is 0.976 bits per heavy atom. The van der Waals surface area contributed by atoms with Crippen LogP contribution in [0.5, 0.6) is 5.75 Å². The van der Waals surface area contributed by atoms with Crippen LogP contribution in [0.15, 0.2) is 71.6 Å². The molecule has 0 heterocycles. The summed E-state index contributed by atoms with van der Waals surface area (Å²) < 4.78 is 34.4. The van der Waals surface area contributed by atoms with Gasteiger partial charge in [0.1, 0.15) is 18.3 Å². The molecule has 220 valence electrons. The van der Waals surface area contributed by atoms with Gasteiger partial charge in [-0.2, -0.15) is 0 Å². The summed E-state index contributed by atoms with van der Waals surface area (Å²) in [7, 11) is -2.62. The van der Waals surface area contributed by atoms with Crippen molar-refractivity contribution < 1.29 is 22.7 Å². The van der Waals surface area contributed by atoms with Crippen molar-refractivity contribution in [1.82, 2.24) is 10.2 Å². The minimum Gasteiger partial charge on any atom is -0.497 e. The van der Waals surface area contributed by atoms with Crippen molar-refractivity contribution in [1.29, 1.82) is 0 Å². The quantitative estimate of drug-likeness (QED) is 0.297. The Balaban J connectivity index is 2.10. The van der Waals surface area contributed by atoms with E-state index in [0.29, 0.717) is 22.8 Å². The lowest BCUT2D eigenvalue weighted by atomic mass is 10.1. The molecule has 0 aliphatic heterocycles. The zero-order valence-corrected chi connectivity index (χ0v) is 25.9. The Kier molecular flexibility index (Phi) is 10.8. The number of carbonyl (C=O) groups is 2. The van der Waals surface area contributed by atoms with Crippen LogP contribution in [0.25, 0.3) is 0 Å². The molecule has 0 aromatic heterocycles. The Labute approximate surface area is 248 Å². The molecule has 0 radical (unpaired) electrons. The summed E-state index contributed by atoms with van der Waals surface area (Å²) in [5, 5.41) is 3.27. The number of sulfonamides is 1. The summed E-state index contributed by atoms with van der Waals surface area (Å²) in [6.45, 7) is 8.65. The van der Waals surface area contributed by atoms with Crippen molar-refractivity contribution in [3.63, 3.8) is 0 Å². The highest BCUT2D eigenvalue weighted by Gasteiger charge is 2.34. The third kappa shape index (κ3) is 7.80. The predicted octanol–water partition coefficient (Wildman–Crippen LogP) is 5.49. The normalized spacial score (nSPS) is 12.1. The fourth-order valence-corrected chi connectivity index (χ4v) is 6.09. The predicted molar refractivity (Wildman–Crippen MR) is 163 cm³/mol. The fraction of sp³-hybridized carbons (Fsp3) is 0.355. The smallest absolute Gasteiger partial charge is 0.264 e. The molecule has 3 aromatic carbocycles. The number of aryl methyl sites for hydroxylation is 1. The average Bonchev–Trinajstić information content (AvgIpc) is 2.93. The van der Waals surface area contributed by atoms with Crippen LogP contribution >= 0.6 is 11.6 Å². The highest BCUT2D eigenvalue weighted by molar-refractivity contribution is 7.92. The minimum absolute atomic E-state index is 0.0431. The third-order valence-corrected chi connectivity index (χ3v) is 8.91. The molecular weight excluding hydrogens is 562 g/mol. The second-order valence-electron chi connectivity index (χ2n) is 10.2. The maximum absolute atomic E-state index is 14.2. The van der Waals surface area contributed by atoms with E-state index in [2.05, 4.69) is 5.32 Å². The van der Waals surface area contributed by atoms with Gasteiger partial charge in [0.2, 0.25) is 11.8 Å². The van der Waals surface area contributed by atoms with E-state index in [9.17, 15) is 18.0 Å². The number of hydrogen-bond donors (Lipinski definition) is 1. The largest absolute Gasteiger partial charge is 0.497 e. The Bertz CT molecular complexity index is 1460. The zero-order chi connectivity index (χ0) is 30.3. The van der Waals surface area contributed by atoms with Gasteiger partial charge in [0.15, 0.2) is 0 Å². The molecule has 0 saturated carbocycles. The molecule has 8 nitrogen and oxygen atoms in total. The lowest BCUT2D eigenvalue weighted by Crippen LogP contribution is -2.53. The molecule has 41 heavy (non-hydrogen) atoms. The van der Waals surface area contributed by atoms with Crippen molar-refractivity contribution in [2.24, 2.45) is 0 Å². The van der Waals surface area contributed by atoms with Crippen LogP contribution in [0, 0.1) is 13.8 Å². The number of benzene rings is 3. The molecule has 0 aliphatic rings. The topological polar surface area (TPSA) is 96.0 Å². The van der Waals surface area contributed by atoms with E-state index in [0.717, 1.165) is 15.4 Å². The van der Waals surface area contributed by atoms with E-state index in [1.165, 1.54) is 17.0 Å². The van der Waals surface area contributed by atoms with E-state index in [4.69, 9.17) is 16.3 Å². The summed E-state index contributed by atoms with van der Waals surface area (Å²) in [6, 6.07) is 17.6. The first-order valence-corrected chi connectivity index (χ1v) is 15.3. The van der Waals surface area contributed by atoms with Crippen LogP contribution in [-0.4, -0.2) is 50.9 Å². The molecule has 0 fully saturated rings. The number of nitrogens with zero attached hydrogens (tertiary/aromatic N) is 2. The highest BCUT2D eigenvalue weighted by Crippen LogP contribution is 2.31. The summed E-state index contributed by atoms with van der Waals surface area (Å²) in [5.74, 6) is -0.180. The molecular formula is C31H38ClN3O5S. The number of hydrogen-bond acceptors (Lipinski definition) is 5. The van der Waals surface area contributed by atoms with Crippen molar-refractivity contribution in [2.45, 2.75) is 64.6 Å². The van der Waals surface area contributed by atoms with E-state index in [1.54, 1.807) is 56.5 Å². The zero-order valence-electron chi connectivity index (χ0n) is 24.3. The van der Waals surface area contributed by atoms with Gasteiger partial charge in [0.25, 0.3) is 10.0 Å². The van der Waals surface area contributed by atoms with Crippen molar-refractivity contribution in [3.05, 3.63) is 88.4 Å². The number of ether oxygens (including phenoxy) is 1. The third-order valence-electron chi connectivity index (χ3n) is 6.72. The van der Waals surface area contributed by atoms with Gasteiger partial charge in [-0.15, -0.1) is 0 Å². The average molecular weight is 600 g/mol. The van der Waals surface area contributed by atoms with Crippen molar-refractivity contribution >= 4 is 39.1 Å². The van der Waals surface area contributed by atoms with Crippen molar-refractivity contribution in [2.75, 3.05) is 18.0 Å². The molecule has 2 amide bonds. The molecule has 1 N–H and O–H groups in total. The van der Waals surface area contributed by atoms with Gasteiger partial charge in [-0.1, -0.05) is 54.4 Å². The second kappa shape index (κ2) is 13.9. The molecule has 1 atom stereocenters. The number of amides is 2. The van der Waals surface area contributed by atoms with E-state index < -0.39 is 28.5 Å². The monoisotopic (exact) mass is 599 g/mol. The molecule has 3 aromatic rings. The van der Waals surface area contributed by atoms with Gasteiger partial charge < -0.3 is 15.0 Å². The number of carbonyl (C=O) groups excluding carboxylic acids is 2. The van der Waals surface area contributed by atoms with Crippen LogP contribution in [0.1, 0.15) is 43.9 Å². The van der Waals surface area contributed by atoms with Gasteiger partial charge >= 0.3 is 0 Å². The Morgan fingerprint density at radius 3 is 2.17 bits per heavy atom. The van der Waals surface area contributed by atoms with Crippen LogP contribution in [0.2, 0.25) is 5.02 Å². The summed E-state index contributed by atoms with van der Waals surface area (Å²) in [6.07, 6.45) is 0.335. The number of rotatable bonds is 12. The molecule has 0 unspecified atom stereocenters. The van der Waals surface area contributed by atoms with Crippen LogP contribution < -0.4 is 14.4 Å². The van der Waals surface area contributed by atoms with Gasteiger partial charge in [0.05, 0.1) is 17.7 Å². The number of methoxy groups -OCH3 is 1. The van der Waals surface area contributed by atoms with E-state index in [-0.39, 0.29) is 29.1 Å². The second-order valence-corrected chi connectivity index (χ2v) is 12.4. The summed E-state index contributed by atoms with van der Waals surface area (Å²) in [5.41, 5.74) is 2.47. The summed E-state index contributed by atoms with van der Waals surface area (Å²) in [4.78, 5) is 28.9. The highest BCUT2D eigenvalue weighted by atomic mass is 35.5. The van der Waals surface area contributed by atoms with Crippen molar-refractivity contribution in [3.8, 4) is 5.75 Å². The van der Waals surface area contributed by atoms with Gasteiger partial charge in [-0.25, -0.2) is 8.42 Å². The first kappa shape index (κ1) is 32.0. The molecule has 0 spiro atoms. The summed E-state index contributed by atoms with van der Waals surface area (Å²) >= 11 is 6.39. The fourth-order valence-electron chi connectivity index (χ4n) is 4.44. The first-order chi connectivity index (χ1) is 19.4. The van der Waals surface area contributed by atoms with Gasteiger partial charge in [-0.3, -0.25) is 13.9 Å².